The summed E-state index contributed by atoms with van der Waals surface area (Å²) < 4.78 is 20.9. The van der Waals surface area contributed by atoms with Gasteiger partial charge >= 0.3 is 24.0 Å². The second-order valence-electron chi connectivity index (χ2n) is 13.3. The Hall–Kier alpha value is -5.43. The van der Waals surface area contributed by atoms with E-state index in [0.717, 1.165) is 22.3 Å². The Bertz CT molecular complexity index is 1590. The Morgan fingerprint density at radius 2 is 1.48 bits per heavy atom. The van der Waals surface area contributed by atoms with E-state index in [-0.39, 0.29) is 63.8 Å². The van der Waals surface area contributed by atoms with Gasteiger partial charge in [0.2, 0.25) is 5.91 Å². The van der Waals surface area contributed by atoms with E-state index in [0.29, 0.717) is 6.42 Å². The largest absolute Gasteiger partial charge is 0.469 e. The highest BCUT2D eigenvalue weighted by Crippen LogP contribution is 2.44. The molecule has 0 fully saturated rings. The second kappa shape index (κ2) is 20.4. The zero-order valence-corrected chi connectivity index (χ0v) is 30.1. The summed E-state index contributed by atoms with van der Waals surface area (Å²) in [6.45, 7) is 5.02. The van der Waals surface area contributed by atoms with Crippen molar-refractivity contribution in [2.75, 3.05) is 40.0 Å². The number of carbonyl (C=O) groups is 6. The molecule has 0 aliphatic heterocycles. The lowest BCUT2D eigenvalue weighted by Crippen LogP contribution is -2.36. The fourth-order valence-electron chi connectivity index (χ4n) is 5.76. The molecule has 0 radical (unpaired) electrons. The maximum atomic E-state index is 13.0. The van der Waals surface area contributed by atoms with E-state index in [2.05, 4.69) is 20.7 Å². The number of amides is 2. The maximum Gasteiger partial charge on any atom is 0.407 e. The highest BCUT2D eigenvalue weighted by atomic mass is 16.6. The van der Waals surface area contributed by atoms with Crippen LogP contribution in [0.1, 0.15) is 76.3 Å². The molecule has 2 atom stereocenters. The number of hydrogen-bond acceptors (Lipinski definition) is 11. The first-order valence-corrected chi connectivity index (χ1v) is 17.2. The third-order valence-corrected chi connectivity index (χ3v) is 8.20. The molecule has 52 heavy (non-hydrogen) atoms. The summed E-state index contributed by atoms with van der Waals surface area (Å²) in [5.41, 5.74) is 12.0. The number of nitrogens with zero attached hydrogens (tertiary/aromatic N) is 3. The molecule has 1 aliphatic carbocycles. The summed E-state index contributed by atoms with van der Waals surface area (Å²) in [5, 5.41) is 8.61. The molecule has 0 saturated heterocycles. The van der Waals surface area contributed by atoms with E-state index in [1.807, 2.05) is 48.5 Å². The topological polar surface area (TPSA) is 212 Å². The van der Waals surface area contributed by atoms with Crippen LogP contribution >= 0.6 is 0 Å². The van der Waals surface area contributed by atoms with E-state index in [1.165, 1.54) is 7.11 Å². The number of esters is 3. The van der Waals surface area contributed by atoms with Crippen molar-refractivity contribution < 1.29 is 47.7 Å². The van der Waals surface area contributed by atoms with Crippen molar-refractivity contribution in [2.24, 2.45) is 17.0 Å². The highest BCUT2D eigenvalue weighted by molar-refractivity contribution is 5.87. The van der Waals surface area contributed by atoms with Gasteiger partial charge in [0.05, 0.1) is 32.4 Å². The van der Waals surface area contributed by atoms with E-state index in [4.69, 9.17) is 24.5 Å². The predicted octanol–water partition coefficient (Wildman–Crippen LogP) is 5.15. The van der Waals surface area contributed by atoms with Gasteiger partial charge in [0.1, 0.15) is 24.6 Å². The second-order valence-corrected chi connectivity index (χ2v) is 13.3. The van der Waals surface area contributed by atoms with E-state index >= 15 is 0 Å². The van der Waals surface area contributed by atoms with E-state index in [1.54, 1.807) is 20.8 Å². The van der Waals surface area contributed by atoms with Crippen LogP contribution in [0.5, 0.6) is 0 Å². The first-order valence-electron chi connectivity index (χ1n) is 17.2. The van der Waals surface area contributed by atoms with Crippen LogP contribution in [0.25, 0.3) is 21.6 Å². The molecule has 3 rings (SSSR count). The molecule has 2 N–H and O–H groups in total. The number of rotatable bonds is 20. The third kappa shape index (κ3) is 13.4. The average molecular weight is 722 g/mol. The molecule has 15 heteroatoms. The monoisotopic (exact) mass is 721 g/mol. The Labute approximate surface area is 302 Å². The minimum atomic E-state index is -1.18. The predicted molar refractivity (Wildman–Crippen MR) is 189 cm³/mol. The summed E-state index contributed by atoms with van der Waals surface area (Å²) >= 11 is 0. The molecular weight excluding hydrogens is 674 g/mol. The molecule has 1 aliphatic rings. The minimum Gasteiger partial charge on any atom is -0.469 e. The van der Waals surface area contributed by atoms with Crippen LogP contribution in [0.4, 0.5) is 4.79 Å². The number of fused-ring (bicyclic) bond motifs is 3. The number of carbonyl (C=O) groups excluding carboxylic acids is 6. The fourth-order valence-corrected chi connectivity index (χ4v) is 5.76. The maximum absolute atomic E-state index is 13.0. The van der Waals surface area contributed by atoms with Crippen molar-refractivity contribution in [2.45, 2.75) is 70.8 Å². The summed E-state index contributed by atoms with van der Waals surface area (Å²) in [6, 6.07) is 15.7. The number of hydrogen-bond donors (Lipinski definition) is 2. The van der Waals surface area contributed by atoms with Crippen LogP contribution in [0, 0.1) is 11.8 Å². The van der Waals surface area contributed by atoms with Crippen LogP contribution < -0.4 is 10.6 Å². The van der Waals surface area contributed by atoms with Gasteiger partial charge in [-0.2, -0.15) is 0 Å². The number of azide groups is 1. The number of ether oxygens (including phenoxy) is 4. The molecule has 0 aromatic heterocycles. The quantitative estimate of drug-likeness (QED) is 0.0458. The Morgan fingerprint density at radius 1 is 0.846 bits per heavy atom. The molecule has 0 bridgehead atoms. The summed E-state index contributed by atoms with van der Waals surface area (Å²) in [4.78, 5) is 78.1. The molecule has 2 aromatic carbocycles. The Balaban J connectivity index is 1.52. The van der Waals surface area contributed by atoms with Gasteiger partial charge in [-0.1, -0.05) is 53.6 Å². The van der Waals surface area contributed by atoms with Gasteiger partial charge in [0, 0.05) is 42.7 Å². The lowest BCUT2D eigenvalue weighted by Gasteiger charge is -2.20. The van der Waals surface area contributed by atoms with Crippen LogP contribution in [-0.2, 0) is 42.9 Å². The number of alkyl carbamates (subject to hydrolysis) is 1. The van der Waals surface area contributed by atoms with Gasteiger partial charge in [0.25, 0.3) is 0 Å². The summed E-state index contributed by atoms with van der Waals surface area (Å²) in [7, 11) is 1.17. The van der Waals surface area contributed by atoms with Gasteiger partial charge in [-0.15, -0.1) is 0 Å². The van der Waals surface area contributed by atoms with E-state index in [9.17, 15) is 28.8 Å². The first-order chi connectivity index (χ1) is 24.8. The van der Waals surface area contributed by atoms with Gasteiger partial charge in [-0.05, 0) is 61.4 Å². The fraction of sp³-hybridized carbons (Fsp3) is 0.514. The molecule has 0 spiro atoms. The molecule has 0 heterocycles. The van der Waals surface area contributed by atoms with E-state index < -0.39 is 60.2 Å². The van der Waals surface area contributed by atoms with Crippen LogP contribution in [-0.4, -0.2) is 81.3 Å². The van der Waals surface area contributed by atoms with Crippen LogP contribution in [0.3, 0.4) is 0 Å². The van der Waals surface area contributed by atoms with Crippen molar-refractivity contribution in [1.29, 1.82) is 0 Å². The van der Waals surface area contributed by atoms with Crippen molar-refractivity contribution >= 4 is 35.7 Å². The highest BCUT2D eigenvalue weighted by Gasteiger charge is 2.31. The molecule has 280 valence electrons. The Morgan fingerprint density at radius 3 is 2.10 bits per heavy atom. The number of ketones is 1. The number of benzene rings is 2. The average Bonchev–Trinajstić information content (AvgIpc) is 3.42. The summed E-state index contributed by atoms with van der Waals surface area (Å²) in [5.74, 6) is -5.13. The lowest BCUT2D eigenvalue weighted by molar-refractivity contribution is -0.158. The lowest BCUT2D eigenvalue weighted by atomic mass is 9.95. The molecule has 15 nitrogen and oxygen atoms in total. The summed E-state index contributed by atoms with van der Waals surface area (Å²) in [6.07, 6.45) is -0.994. The van der Waals surface area contributed by atoms with Crippen molar-refractivity contribution in [3.63, 3.8) is 0 Å². The van der Waals surface area contributed by atoms with Crippen molar-refractivity contribution in [3.05, 3.63) is 70.1 Å². The van der Waals surface area contributed by atoms with Crippen LogP contribution in [0.15, 0.2) is 53.6 Å². The van der Waals surface area contributed by atoms with Crippen molar-refractivity contribution in [1.82, 2.24) is 10.6 Å². The van der Waals surface area contributed by atoms with Gasteiger partial charge in [0.15, 0.2) is 0 Å². The smallest absolute Gasteiger partial charge is 0.407 e. The molecular formula is C37H47N5O10. The van der Waals surface area contributed by atoms with Crippen LogP contribution in [0.2, 0.25) is 0 Å². The number of nitrogens with one attached hydrogen (secondary N) is 2. The molecule has 0 saturated carbocycles. The van der Waals surface area contributed by atoms with Crippen molar-refractivity contribution in [3.8, 4) is 11.1 Å². The molecule has 2 aromatic rings. The van der Waals surface area contributed by atoms with Gasteiger partial charge < -0.3 is 29.6 Å². The minimum absolute atomic E-state index is 0.0349. The Kier molecular flexibility index (Phi) is 16.1. The normalized spacial score (nSPS) is 12.9. The van der Waals surface area contributed by atoms with Gasteiger partial charge in [-0.3, -0.25) is 24.0 Å². The number of methoxy groups -OCH3 is 1. The molecule has 2 amide bonds. The number of Topliss-reactive ketones (excluding diaryl/α,β-unsaturated/α-hetero) is 1. The molecule has 0 unspecified atom stereocenters. The first kappa shape index (κ1) is 41.0. The van der Waals surface area contributed by atoms with Gasteiger partial charge in [-0.25, -0.2) is 4.79 Å². The zero-order chi connectivity index (χ0) is 38.1. The zero-order valence-electron chi connectivity index (χ0n) is 30.1. The SMILES string of the molecule is COC(=O)C[C@H](CC(=O)OCC1c2ccccc2-c2ccccc21)C(=O)OCCNC(=O)[C@H](CCCNC(=O)OC(C)(C)C)CC(=O)CCN=[N+]=[N-]. The standard InChI is InChI=1S/C37H47N5O10/c1-37(2,3)52-36(48)40-16-9-10-24(20-26(43)15-17-41-42-38)34(46)39-18-19-50-35(47)25(21-32(44)49-4)22-33(45)51-23-31-29-13-7-5-11-27(29)28-12-6-8-14-30(28)31/h5-8,11-14,24-25,31H,9-10,15-23H2,1-4H3,(H,39,46)(H,40,48)/t24-,25-/m1/s1. The third-order valence-electron chi connectivity index (χ3n) is 8.20.